The van der Waals surface area contributed by atoms with Crippen LogP contribution in [0.1, 0.15) is 5.82 Å². The van der Waals surface area contributed by atoms with E-state index in [1.165, 1.54) is 11.5 Å². The number of carbonyl (C=O) groups is 1. The topological polar surface area (TPSA) is 75.6 Å². The number of ether oxygens (including phenoxy) is 1. The zero-order valence-electron chi connectivity index (χ0n) is 8.21. The molecule has 1 aromatic heterocycles. The molecular formula is C8H11N3O3S. The zero-order valence-corrected chi connectivity index (χ0v) is 9.03. The lowest BCUT2D eigenvalue weighted by molar-refractivity contribution is -0.141. The van der Waals surface area contributed by atoms with Crippen molar-refractivity contribution in [3.63, 3.8) is 0 Å². The van der Waals surface area contributed by atoms with Crippen LogP contribution in [0.5, 0.6) is 0 Å². The molecule has 0 spiro atoms. The van der Waals surface area contributed by atoms with Crippen LogP contribution in [0.4, 0.5) is 5.13 Å². The van der Waals surface area contributed by atoms with E-state index in [1.54, 1.807) is 11.8 Å². The third-order valence-corrected chi connectivity index (χ3v) is 3.02. The first kappa shape index (κ1) is 10.3. The minimum atomic E-state index is -0.887. The van der Waals surface area contributed by atoms with Gasteiger partial charge >= 0.3 is 5.97 Å². The Hall–Kier alpha value is -1.21. The van der Waals surface area contributed by atoms with Gasteiger partial charge in [0.25, 0.3) is 0 Å². The minimum Gasteiger partial charge on any atom is -0.480 e. The SMILES string of the molecule is Cc1nsc(N2CCOCC2C(=O)O)n1. The van der Waals surface area contributed by atoms with Crippen molar-refractivity contribution in [2.45, 2.75) is 13.0 Å². The molecule has 2 heterocycles. The van der Waals surface area contributed by atoms with E-state index >= 15 is 0 Å². The van der Waals surface area contributed by atoms with Gasteiger partial charge < -0.3 is 14.7 Å². The smallest absolute Gasteiger partial charge is 0.328 e. The summed E-state index contributed by atoms with van der Waals surface area (Å²) in [7, 11) is 0. The van der Waals surface area contributed by atoms with Gasteiger partial charge in [-0.2, -0.15) is 4.37 Å². The predicted octanol–water partition coefficient (Wildman–Crippen LogP) is 0.136. The van der Waals surface area contributed by atoms with E-state index in [-0.39, 0.29) is 6.61 Å². The normalized spacial score (nSPS) is 21.7. The maximum atomic E-state index is 11.0. The summed E-state index contributed by atoms with van der Waals surface area (Å²) in [5.74, 6) is -0.215. The van der Waals surface area contributed by atoms with Crippen LogP contribution in [0, 0.1) is 6.92 Å². The second-order valence-corrected chi connectivity index (χ2v) is 3.98. The van der Waals surface area contributed by atoms with Crippen molar-refractivity contribution in [3.05, 3.63) is 5.82 Å². The highest BCUT2D eigenvalue weighted by atomic mass is 32.1. The van der Waals surface area contributed by atoms with Gasteiger partial charge in [-0.3, -0.25) is 0 Å². The van der Waals surface area contributed by atoms with Crippen molar-refractivity contribution in [2.24, 2.45) is 0 Å². The van der Waals surface area contributed by atoms with Crippen LogP contribution in [0.3, 0.4) is 0 Å². The van der Waals surface area contributed by atoms with Crippen molar-refractivity contribution in [1.82, 2.24) is 9.36 Å². The van der Waals surface area contributed by atoms with Crippen LogP contribution >= 0.6 is 11.5 Å². The summed E-state index contributed by atoms with van der Waals surface area (Å²) >= 11 is 1.22. The van der Waals surface area contributed by atoms with Gasteiger partial charge in [0, 0.05) is 18.1 Å². The first-order valence-corrected chi connectivity index (χ1v) is 5.33. The average molecular weight is 229 g/mol. The summed E-state index contributed by atoms with van der Waals surface area (Å²) < 4.78 is 9.18. The Morgan fingerprint density at radius 2 is 2.53 bits per heavy atom. The molecule has 0 amide bonds. The number of morpholine rings is 1. The molecule has 1 saturated heterocycles. The van der Waals surface area contributed by atoms with Crippen LogP contribution in [0.2, 0.25) is 0 Å². The minimum absolute atomic E-state index is 0.202. The summed E-state index contributed by atoms with van der Waals surface area (Å²) in [6.07, 6.45) is 0. The fraction of sp³-hybridized carbons (Fsp3) is 0.625. The van der Waals surface area contributed by atoms with Crippen LogP contribution < -0.4 is 4.90 Å². The number of hydrogen-bond acceptors (Lipinski definition) is 6. The lowest BCUT2D eigenvalue weighted by atomic mass is 10.2. The monoisotopic (exact) mass is 229 g/mol. The molecule has 1 aliphatic rings. The number of hydrogen-bond donors (Lipinski definition) is 1. The van der Waals surface area contributed by atoms with Gasteiger partial charge in [0.2, 0.25) is 5.13 Å². The largest absolute Gasteiger partial charge is 0.480 e. The number of carboxylic acid groups (broad SMARTS) is 1. The molecule has 0 aliphatic carbocycles. The Bertz CT molecular complexity index is 368. The Kier molecular flexibility index (Phi) is 2.83. The lowest BCUT2D eigenvalue weighted by Gasteiger charge is -2.32. The molecule has 0 saturated carbocycles. The van der Waals surface area contributed by atoms with Crippen LogP contribution in [-0.2, 0) is 9.53 Å². The van der Waals surface area contributed by atoms with Crippen molar-refractivity contribution in [2.75, 3.05) is 24.7 Å². The number of rotatable bonds is 2. The Morgan fingerprint density at radius 1 is 1.73 bits per heavy atom. The number of nitrogens with zero attached hydrogens (tertiary/aromatic N) is 3. The Labute approximate surface area is 90.7 Å². The van der Waals surface area contributed by atoms with Crippen molar-refractivity contribution in [1.29, 1.82) is 0 Å². The molecule has 7 heteroatoms. The second kappa shape index (κ2) is 4.11. The average Bonchev–Trinajstić information content (AvgIpc) is 2.65. The molecule has 1 fully saturated rings. The van der Waals surface area contributed by atoms with Crippen LogP contribution in [0.15, 0.2) is 0 Å². The number of aromatic nitrogens is 2. The molecule has 0 radical (unpaired) electrons. The van der Waals surface area contributed by atoms with Gasteiger partial charge in [0.05, 0.1) is 13.2 Å². The van der Waals surface area contributed by atoms with Crippen LogP contribution in [0.25, 0.3) is 0 Å². The third-order valence-electron chi connectivity index (χ3n) is 2.18. The van der Waals surface area contributed by atoms with E-state index in [4.69, 9.17) is 9.84 Å². The highest BCUT2D eigenvalue weighted by Crippen LogP contribution is 2.21. The quantitative estimate of drug-likeness (QED) is 0.777. The highest BCUT2D eigenvalue weighted by Gasteiger charge is 2.31. The van der Waals surface area contributed by atoms with Crippen molar-refractivity contribution in [3.8, 4) is 0 Å². The lowest BCUT2D eigenvalue weighted by Crippen LogP contribution is -2.50. The predicted molar refractivity (Wildman–Crippen MR) is 54.2 cm³/mol. The maximum absolute atomic E-state index is 11.0. The van der Waals surface area contributed by atoms with Crippen LogP contribution in [-0.4, -0.2) is 46.2 Å². The highest BCUT2D eigenvalue weighted by molar-refractivity contribution is 7.09. The Morgan fingerprint density at radius 3 is 3.13 bits per heavy atom. The molecule has 2 rings (SSSR count). The molecule has 1 N–H and O–H groups in total. The fourth-order valence-electron chi connectivity index (χ4n) is 1.44. The van der Waals surface area contributed by atoms with Gasteiger partial charge in [-0.05, 0) is 6.92 Å². The zero-order chi connectivity index (χ0) is 10.8. The fourth-order valence-corrected chi connectivity index (χ4v) is 2.19. The molecule has 1 aromatic rings. The summed E-state index contributed by atoms with van der Waals surface area (Å²) in [4.78, 5) is 16.9. The molecular weight excluding hydrogens is 218 g/mol. The van der Waals surface area contributed by atoms with E-state index in [9.17, 15) is 4.79 Å². The molecule has 0 bridgehead atoms. The number of carboxylic acids is 1. The van der Waals surface area contributed by atoms with Gasteiger partial charge in [-0.15, -0.1) is 0 Å². The van der Waals surface area contributed by atoms with Gasteiger partial charge in [-0.25, -0.2) is 9.78 Å². The van der Waals surface area contributed by atoms with Gasteiger partial charge in [-0.1, -0.05) is 0 Å². The molecule has 1 unspecified atom stereocenters. The van der Waals surface area contributed by atoms with E-state index in [0.29, 0.717) is 24.1 Å². The van der Waals surface area contributed by atoms with E-state index in [2.05, 4.69) is 9.36 Å². The Balaban J connectivity index is 2.21. The van der Waals surface area contributed by atoms with Crippen molar-refractivity contribution >= 4 is 22.6 Å². The van der Waals surface area contributed by atoms with Gasteiger partial charge in [0.15, 0.2) is 6.04 Å². The van der Waals surface area contributed by atoms with Gasteiger partial charge in [0.1, 0.15) is 5.82 Å². The third kappa shape index (κ3) is 2.07. The molecule has 1 atom stereocenters. The number of anilines is 1. The summed E-state index contributed by atoms with van der Waals surface area (Å²) in [5, 5.41) is 9.67. The second-order valence-electron chi connectivity index (χ2n) is 3.25. The first-order valence-electron chi connectivity index (χ1n) is 4.56. The summed E-state index contributed by atoms with van der Waals surface area (Å²) in [6.45, 7) is 3.07. The molecule has 0 aromatic carbocycles. The van der Waals surface area contributed by atoms with E-state index in [1.807, 2.05) is 0 Å². The molecule has 82 valence electrons. The summed E-state index contributed by atoms with van der Waals surface area (Å²) in [5.41, 5.74) is 0. The van der Waals surface area contributed by atoms with E-state index < -0.39 is 12.0 Å². The number of aryl methyl sites for hydroxylation is 1. The van der Waals surface area contributed by atoms with Crippen molar-refractivity contribution < 1.29 is 14.6 Å². The number of aliphatic carboxylic acids is 1. The molecule has 6 nitrogen and oxygen atoms in total. The summed E-state index contributed by atoms with van der Waals surface area (Å²) in [6, 6.07) is -0.647. The standard InChI is InChI=1S/C8H11N3O3S/c1-5-9-8(15-10-5)11-2-3-14-4-6(11)7(12)13/h6H,2-4H2,1H3,(H,12,13). The molecule has 1 aliphatic heterocycles. The van der Waals surface area contributed by atoms with E-state index in [0.717, 1.165) is 0 Å². The first-order chi connectivity index (χ1) is 7.18. The molecule has 15 heavy (non-hydrogen) atoms. The maximum Gasteiger partial charge on any atom is 0.328 e.